The SMILES string of the molecule is CN(C)CCN1C(=O)N[C@@](C)(c2ccc([N+](=O)[O-])cc2)C1=O. The third-order valence-corrected chi connectivity index (χ3v) is 3.70. The van der Waals surface area contributed by atoms with E-state index >= 15 is 0 Å². The van der Waals surface area contributed by atoms with Crippen LogP contribution >= 0.6 is 0 Å². The minimum Gasteiger partial charge on any atom is -0.319 e. The van der Waals surface area contributed by atoms with Gasteiger partial charge in [0.2, 0.25) is 0 Å². The van der Waals surface area contributed by atoms with Crippen LogP contribution in [0.5, 0.6) is 0 Å². The fraction of sp³-hybridized carbons (Fsp3) is 0.429. The number of urea groups is 1. The van der Waals surface area contributed by atoms with Crippen LogP contribution in [0.4, 0.5) is 10.5 Å². The molecular weight excluding hydrogens is 288 g/mol. The monoisotopic (exact) mass is 306 g/mol. The molecule has 1 fully saturated rings. The molecule has 0 aromatic heterocycles. The van der Waals surface area contributed by atoms with Gasteiger partial charge in [-0.2, -0.15) is 0 Å². The van der Waals surface area contributed by atoms with Gasteiger partial charge in [0.1, 0.15) is 5.54 Å². The predicted molar refractivity (Wildman–Crippen MR) is 79.2 cm³/mol. The summed E-state index contributed by atoms with van der Waals surface area (Å²) in [4.78, 5) is 37.8. The first-order chi connectivity index (χ1) is 10.3. The van der Waals surface area contributed by atoms with Gasteiger partial charge in [0.15, 0.2) is 0 Å². The van der Waals surface area contributed by atoms with Gasteiger partial charge in [0.05, 0.1) is 4.92 Å². The second-order valence-corrected chi connectivity index (χ2v) is 5.62. The molecule has 3 amide bonds. The lowest BCUT2D eigenvalue weighted by atomic mass is 9.92. The third-order valence-electron chi connectivity index (χ3n) is 3.70. The molecule has 118 valence electrons. The van der Waals surface area contributed by atoms with Crippen molar-refractivity contribution in [3.63, 3.8) is 0 Å². The molecule has 0 aliphatic carbocycles. The van der Waals surface area contributed by atoms with Gasteiger partial charge in [0, 0.05) is 25.2 Å². The second kappa shape index (κ2) is 5.72. The minimum absolute atomic E-state index is 0.0615. The topological polar surface area (TPSA) is 95.8 Å². The van der Waals surface area contributed by atoms with E-state index in [0.29, 0.717) is 18.7 Å². The summed E-state index contributed by atoms with van der Waals surface area (Å²) in [7, 11) is 3.71. The van der Waals surface area contributed by atoms with E-state index in [1.165, 1.54) is 29.2 Å². The molecule has 2 rings (SSSR count). The van der Waals surface area contributed by atoms with Gasteiger partial charge in [-0.25, -0.2) is 4.79 Å². The van der Waals surface area contributed by atoms with Gasteiger partial charge in [-0.15, -0.1) is 0 Å². The Kier molecular flexibility index (Phi) is 4.14. The minimum atomic E-state index is -1.20. The Bertz CT molecular complexity index is 614. The lowest BCUT2D eigenvalue weighted by molar-refractivity contribution is -0.384. The molecule has 0 unspecified atom stereocenters. The number of carbonyl (C=O) groups is 2. The number of nitro benzene ring substituents is 1. The quantitative estimate of drug-likeness (QED) is 0.496. The summed E-state index contributed by atoms with van der Waals surface area (Å²) in [6.07, 6.45) is 0. The first kappa shape index (κ1) is 15.9. The Morgan fingerprint density at radius 3 is 2.36 bits per heavy atom. The van der Waals surface area contributed by atoms with E-state index in [0.717, 1.165) is 0 Å². The van der Waals surface area contributed by atoms with Crippen molar-refractivity contribution in [3.8, 4) is 0 Å². The summed E-state index contributed by atoms with van der Waals surface area (Å²) < 4.78 is 0. The normalized spacial score (nSPS) is 21.4. The highest BCUT2D eigenvalue weighted by Crippen LogP contribution is 2.29. The number of rotatable bonds is 5. The molecule has 8 heteroatoms. The van der Waals surface area contributed by atoms with Crippen LogP contribution < -0.4 is 5.32 Å². The standard InChI is InChI=1S/C14H18N4O4/c1-14(10-4-6-11(7-5-10)18(21)22)12(19)17(13(20)15-14)9-8-16(2)3/h4-7H,8-9H2,1-3H3,(H,15,20)/t14-/m0/s1. The van der Waals surface area contributed by atoms with Crippen molar-refractivity contribution in [2.75, 3.05) is 27.2 Å². The molecular formula is C14H18N4O4. The Morgan fingerprint density at radius 2 is 1.86 bits per heavy atom. The van der Waals surface area contributed by atoms with Crippen molar-refractivity contribution in [2.45, 2.75) is 12.5 Å². The van der Waals surface area contributed by atoms with E-state index < -0.39 is 16.5 Å². The predicted octanol–water partition coefficient (Wildman–Crippen LogP) is 0.923. The lowest BCUT2D eigenvalue weighted by Crippen LogP contribution is -2.41. The average Bonchev–Trinajstić information content (AvgIpc) is 2.68. The fourth-order valence-corrected chi connectivity index (χ4v) is 2.31. The highest BCUT2D eigenvalue weighted by Gasteiger charge is 2.48. The van der Waals surface area contributed by atoms with E-state index in [-0.39, 0.29) is 11.6 Å². The average molecular weight is 306 g/mol. The Morgan fingerprint density at radius 1 is 1.27 bits per heavy atom. The van der Waals surface area contributed by atoms with Crippen molar-refractivity contribution in [3.05, 3.63) is 39.9 Å². The maximum atomic E-state index is 12.6. The van der Waals surface area contributed by atoms with E-state index in [2.05, 4.69) is 5.32 Å². The maximum absolute atomic E-state index is 12.6. The van der Waals surface area contributed by atoms with Crippen LogP contribution in [0.3, 0.4) is 0 Å². The number of non-ortho nitro benzene ring substituents is 1. The Hall–Kier alpha value is -2.48. The van der Waals surface area contributed by atoms with Gasteiger partial charge < -0.3 is 10.2 Å². The number of nitrogens with zero attached hydrogens (tertiary/aromatic N) is 3. The van der Waals surface area contributed by atoms with Crippen LogP contribution in [0.15, 0.2) is 24.3 Å². The first-order valence-electron chi connectivity index (χ1n) is 6.79. The van der Waals surface area contributed by atoms with Gasteiger partial charge in [0.25, 0.3) is 11.6 Å². The number of hydrogen-bond donors (Lipinski definition) is 1. The highest BCUT2D eigenvalue weighted by molar-refractivity contribution is 6.07. The van der Waals surface area contributed by atoms with E-state index in [9.17, 15) is 19.7 Å². The number of carbonyl (C=O) groups excluding carboxylic acids is 2. The molecule has 1 aliphatic rings. The number of hydrogen-bond acceptors (Lipinski definition) is 5. The zero-order valence-corrected chi connectivity index (χ0v) is 12.7. The number of benzene rings is 1. The van der Waals surface area contributed by atoms with Gasteiger partial charge in [-0.05, 0) is 38.7 Å². The molecule has 8 nitrogen and oxygen atoms in total. The molecule has 1 aromatic carbocycles. The van der Waals surface area contributed by atoms with Crippen molar-refractivity contribution in [1.82, 2.24) is 15.1 Å². The first-order valence-corrected chi connectivity index (χ1v) is 6.79. The summed E-state index contributed by atoms with van der Waals surface area (Å²) in [6, 6.07) is 5.18. The number of imide groups is 1. The molecule has 0 bridgehead atoms. The van der Waals surface area contributed by atoms with Crippen molar-refractivity contribution in [1.29, 1.82) is 0 Å². The summed E-state index contributed by atoms with van der Waals surface area (Å²) in [5, 5.41) is 13.4. The van der Waals surface area contributed by atoms with Crippen LogP contribution in [0.25, 0.3) is 0 Å². The Labute approximate surface area is 127 Å². The summed E-state index contributed by atoms with van der Waals surface area (Å²) in [5.41, 5.74) is -0.740. The molecule has 1 aliphatic heterocycles. The largest absolute Gasteiger partial charge is 0.325 e. The zero-order chi connectivity index (χ0) is 16.5. The van der Waals surface area contributed by atoms with Gasteiger partial charge >= 0.3 is 6.03 Å². The van der Waals surface area contributed by atoms with Crippen LogP contribution in [0.2, 0.25) is 0 Å². The number of nitrogens with one attached hydrogen (secondary N) is 1. The number of amides is 3. The molecule has 1 heterocycles. The summed E-state index contributed by atoms with van der Waals surface area (Å²) in [6.45, 7) is 2.46. The van der Waals surface area contributed by atoms with Crippen molar-refractivity contribution < 1.29 is 14.5 Å². The molecule has 1 atom stereocenters. The Balaban J connectivity index is 2.24. The van der Waals surface area contributed by atoms with Gasteiger partial charge in [-0.3, -0.25) is 19.8 Å². The third kappa shape index (κ3) is 2.77. The number of likely N-dealkylation sites (N-methyl/N-ethyl adjacent to an activating group) is 1. The van der Waals surface area contributed by atoms with E-state index in [1.54, 1.807) is 6.92 Å². The fourth-order valence-electron chi connectivity index (χ4n) is 2.31. The number of nitro groups is 1. The second-order valence-electron chi connectivity index (χ2n) is 5.62. The van der Waals surface area contributed by atoms with Crippen molar-refractivity contribution in [2.24, 2.45) is 0 Å². The lowest BCUT2D eigenvalue weighted by Gasteiger charge is -2.22. The summed E-state index contributed by atoms with van der Waals surface area (Å²) >= 11 is 0. The molecule has 22 heavy (non-hydrogen) atoms. The van der Waals surface area contributed by atoms with Crippen LogP contribution in [-0.2, 0) is 10.3 Å². The molecule has 1 aromatic rings. The molecule has 1 saturated heterocycles. The van der Waals surface area contributed by atoms with Crippen LogP contribution in [-0.4, -0.2) is 53.8 Å². The zero-order valence-electron chi connectivity index (χ0n) is 12.7. The van der Waals surface area contributed by atoms with Gasteiger partial charge in [-0.1, -0.05) is 0 Å². The maximum Gasteiger partial charge on any atom is 0.325 e. The molecule has 0 spiro atoms. The highest BCUT2D eigenvalue weighted by atomic mass is 16.6. The smallest absolute Gasteiger partial charge is 0.319 e. The van der Waals surface area contributed by atoms with E-state index in [4.69, 9.17) is 0 Å². The molecule has 0 saturated carbocycles. The molecule has 1 N–H and O–H groups in total. The van der Waals surface area contributed by atoms with E-state index in [1.807, 2.05) is 19.0 Å². The van der Waals surface area contributed by atoms with Crippen LogP contribution in [0.1, 0.15) is 12.5 Å². The van der Waals surface area contributed by atoms with Crippen LogP contribution in [0, 0.1) is 10.1 Å². The van der Waals surface area contributed by atoms with Crippen molar-refractivity contribution >= 4 is 17.6 Å². The summed E-state index contributed by atoms with van der Waals surface area (Å²) in [5.74, 6) is -0.354. The molecule has 0 radical (unpaired) electrons.